The van der Waals surface area contributed by atoms with Crippen LogP contribution in [0.2, 0.25) is 0 Å². The van der Waals surface area contributed by atoms with Crippen molar-refractivity contribution in [1.82, 2.24) is 14.8 Å². The molecule has 0 aromatic carbocycles. The Morgan fingerprint density at radius 1 is 1.20 bits per heavy atom. The lowest BCUT2D eigenvalue weighted by Crippen LogP contribution is -2.04. The van der Waals surface area contributed by atoms with E-state index < -0.39 is 0 Å². The maximum absolute atomic E-state index is 4.59. The summed E-state index contributed by atoms with van der Waals surface area (Å²) in [6, 6.07) is 4.69. The molecule has 0 atom stereocenters. The van der Waals surface area contributed by atoms with Crippen molar-refractivity contribution in [3.8, 4) is 0 Å². The number of aryl methyl sites for hydroxylation is 1. The average molecular weight is 201 g/mol. The van der Waals surface area contributed by atoms with E-state index in [0.29, 0.717) is 6.04 Å². The van der Waals surface area contributed by atoms with Gasteiger partial charge in [-0.15, -0.1) is 0 Å². The fourth-order valence-electron chi connectivity index (χ4n) is 2.38. The number of nitrogens with zero attached hydrogens (tertiary/aromatic N) is 3. The van der Waals surface area contributed by atoms with Crippen molar-refractivity contribution >= 4 is 11.0 Å². The topological polar surface area (TPSA) is 30.7 Å². The highest BCUT2D eigenvalue weighted by molar-refractivity contribution is 5.73. The molecule has 15 heavy (non-hydrogen) atoms. The summed E-state index contributed by atoms with van der Waals surface area (Å²) in [5.74, 6) is 0. The van der Waals surface area contributed by atoms with Crippen molar-refractivity contribution in [2.75, 3.05) is 0 Å². The maximum atomic E-state index is 4.59. The van der Waals surface area contributed by atoms with Crippen LogP contribution in [0.4, 0.5) is 0 Å². The molecule has 2 aromatic heterocycles. The summed E-state index contributed by atoms with van der Waals surface area (Å²) in [5, 5.41) is 4.59. The lowest BCUT2D eigenvalue weighted by atomic mass is 10.3. The van der Waals surface area contributed by atoms with Crippen molar-refractivity contribution in [2.24, 2.45) is 0 Å². The zero-order valence-corrected chi connectivity index (χ0v) is 8.98. The van der Waals surface area contributed by atoms with Gasteiger partial charge in [-0.2, -0.15) is 5.10 Å². The number of fused-ring (bicyclic) bond motifs is 1. The Bertz CT molecular complexity index is 481. The predicted molar refractivity (Wildman–Crippen MR) is 59.8 cm³/mol. The lowest BCUT2D eigenvalue weighted by Gasteiger charge is -2.07. The molecule has 0 spiro atoms. The normalized spacial score (nSPS) is 17.7. The van der Waals surface area contributed by atoms with Gasteiger partial charge in [-0.3, -0.25) is 4.68 Å². The van der Waals surface area contributed by atoms with E-state index in [1.165, 1.54) is 25.7 Å². The molecule has 2 heterocycles. The molecule has 0 aliphatic heterocycles. The van der Waals surface area contributed by atoms with Crippen LogP contribution in [0.15, 0.2) is 18.3 Å². The van der Waals surface area contributed by atoms with E-state index in [9.17, 15) is 0 Å². The van der Waals surface area contributed by atoms with Gasteiger partial charge < -0.3 is 0 Å². The summed E-state index contributed by atoms with van der Waals surface area (Å²) < 4.78 is 2.12. The largest absolute Gasteiger partial charge is 0.267 e. The van der Waals surface area contributed by atoms with Crippen LogP contribution in [-0.2, 0) is 0 Å². The van der Waals surface area contributed by atoms with E-state index in [-0.39, 0.29) is 0 Å². The highest BCUT2D eigenvalue weighted by Crippen LogP contribution is 2.29. The highest BCUT2D eigenvalue weighted by atomic mass is 15.3. The Morgan fingerprint density at radius 3 is 2.80 bits per heavy atom. The summed E-state index contributed by atoms with van der Waals surface area (Å²) in [6.45, 7) is 2.02. The first-order valence-corrected chi connectivity index (χ1v) is 5.65. The van der Waals surface area contributed by atoms with Crippen molar-refractivity contribution < 1.29 is 0 Å². The second kappa shape index (κ2) is 3.33. The van der Waals surface area contributed by atoms with Crippen molar-refractivity contribution in [2.45, 2.75) is 38.6 Å². The van der Waals surface area contributed by atoms with Gasteiger partial charge in [-0.05, 0) is 31.9 Å². The first-order valence-electron chi connectivity index (χ1n) is 5.65. The van der Waals surface area contributed by atoms with Gasteiger partial charge in [-0.25, -0.2) is 4.98 Å². The molecule has 0 amide bonds. The van der Waals surface area contributed by atoms with Gasteiger partial charge in [-0.1, -0.05) is 12.8 Å². The molecule has 1 aliphatic carbocycles. The highest BCUT2D eigenvalue weighted by Gasteiger charge is 2.18. The molecule has 1 fully saturated rings. The Hall–Kier alpha value is -1.38. The number of rotatable bonds is 1. The Morgan fingerprint density at radius 2 is 2.00 bits per heavy atom. The smallest absolute Gasteiger partial charge is 0.111 e. The van der Waals surface area contributed by atoms with E-state index in [1.807, 2.05) is 13.0 Å². The Balaban J connectivity index is 2.05. The van der Waals surface area contributed by atoms with Crippen LogP contribution in [0.3, 0.4) is 0 Å². The minimum atomic E-state index is 0.611. The maximum Gasteiger partial charge on any atom is 0.111 e. The molecule has 1 saturated carbocycles. The molecule has 2 aromatic rings. The lowest BCUT2D eigenvalue weighted by molar-refractivity contribution is 0.470. The van der Waals surface area contributed by atoms with E-state index in [0.717, 1.165) is 16.7 Å². The molecule has 78 valence electrons. The van der Waals surface area contributed by atoms with Crippen LogP contribution in [-0.4, -0.2) is 14.8 Å². The van der Waals surface area contributed by atoms with E-state index in [4.69, 9.17) is 0 Å². The number of aromatic nitrogens is 3. The monoisotopic (exact) mass is 201 g/mol. The third-order valence-corrected chi connectivity index (χ3v) is 3.22. The summed E-state index contributed by atoms with van der Waals surface area (Å²) in [4.78, 5) is 4.48. The zero-order chi connectivity index (χ0) is 10.3. The molecule has 1 aliphatic rings. The fraction of sp³-hybridized carbons (Fsp3) is 0.500. The van der Waals surface area contributed by atoms with Gasteiger partial charge in [0, 0.05) is 5.69 Å². The molecule has 0 N–H and O–H groups in total. The van der Waals surface area contributed by atoms with Gasteiger partial charge in [0.25, 0.3) is 0 Å². The summed E-state index contributed by atoms with van der Waals surface area (Å²) >= 11 is 0. The SMILES string of the molecule is Cc1ccc2nn(C3CCCC3)cc2n1. The second-order valence-electron chi connectivity index (χ2n) is 4.40. The van der Waals surface area contributed by atoms with Gasteiger partial charge in [0.1, 0.15) is 11.0 Å². The standard InChI is InChI=1S/C12H15N3/c1-9-6-7-11-12(13-9)8-15(14-11)10-4-2-3-5-10/h6-8,10H,2-5H2,1H3. The molecule has 0 unspecified atom stereocenters. The van der Waals surface area contributed by atoms with Crippen LogP contribution in [0.5, 0.6) is 0 Å². The van der Waals surface area contributed by atoms with Crippen LogP contribution in [0.1, 0.15) is 37.4 Å². The van der Waals surface area contributed by atoms with Crippen LogP contribution in [0.25, 0.3) is 11.0 Å². The summed E-state index contributed by atoms with van der Waals surface area (Å²) in [6.07, 6.45) is 7.32. The minimum Gasteiger partial charge on any atom is -0.267 e. The van der Waals surface area contributed by atoms with Gasteiger partial charge in [0.15, 0.2) is 0 Å². The van der Waals surface area contributed by atoms with Gasteiger partial charge >= 0.3 is 0 Å². The van der Waals surface area contributed by atoms with Gasteiger partial charge in [0.05, 0.1) is 12.2 Å². The zero-order valence-electron chi connectivity index (χ0n) is 8.98. The number of pyridine rings is 1. The third kappa shape index (κ3) is 1.52. The van der Waals surface area contributed by atoms with Crippen molar-refractivity contribution in [1.29, 1.82) is 0 Å². The van der Waals surface area contributed by atoms with E-state index in [2.05, 4.69) is 27.0 Å². The average Bonchev–Trinajstić information content (AvgIpc) is 2.84. The van der Waals surface area contributed by atoms with Crippen LogP contribution >= 0.6 is 0 Å². The number of hydrogen-bond acceptors (Lipinski definition) is 2. The molecule has 3 nitrogen and oxygen atoms in total. The van der Waals surface area contributed by atoms with Crippen molar-refractivity contribution in [3.05, 3.63) is 24.0 Å². The number of hydrogen-bond donors (Lipinski definition) is 0. The van der Waals surface area contributed by atoms with Crippen LogP contribution < -0.4 is 0 Å². The molecule has 0 radical (unpaired) electrons. The first kappa shape index (κ1) is 8.89. The fourth-order valence-corrected chi connectivity index (χ4v) is 2.38. The minimum absolute atomic E-state index is 0.611. The summed E-state index contributed by atoms with van der Waals surface area (Å²) in [5.41, 5.74) is 3.11. The molecule has 0 saturated heterocycles. The molecule has 3 rings (SSSR count). The Labute approximate surface area is 89.1 Å². The Kier molecular flexibility index (Phi) is 1.97. The molecule has 3 heteroatoms. The third-order valence-electron chi connectivity index (χ3n) is 3.22. The van der Waals surface area contributed by atoms with Crippen molar-refractivity contribution in [3.63, 3.8) is 0 Å². The molecular weight excluding hydrogens is 186 g/mol. The second-order valence-corrected chi connectivity index (χ2v) is 4.40. The van der Waals surface area contributed by atoms with Crippen LogP contribution in [0, 0.1) is 6.92 Å². The first-order chi connectivity index (χ1) is 7.33. The molecule has 0 bridgehead atoms. The quantitative estimate of drug-likeness (QED) is 0.710. The predicted octanol–water partition coefficient (Wildman–Crippen LogP) is 2.85. The summed E-state index contributed by atoms with van der Waals surface area (Å²) in [7, 11) is 0. The van der Waals surface area contributed by atoms with E-state index in [1.54, 1.807) is 0 Å². The molecular formula is C12H15N3. The van der Waals surface area contributed by atoms with E-state index >= 15 is 0 Å². The van der Waals surface area contributed by atoms with Gasteiger partial charge in [0.2, 0.25) is 0 Å².